The maximum atomic E-state index is 12.4. The minimum atomic E-state index is -1.18. The van der Waals surface area contributed by atoms with Crippen molar-refractivity contribution < 1.29 is 14.6 Å². The molecule has 1 aromatic heterocycles. The molecule has 1 saturated heterocycles. The van der Waals surface area contributed by atoms with Crippen molar-refractivity contribution in [2.45, 2.75) is 44.9 Å². The average molecular weight is 344 g/mol. The Morgan fingerprint density at radius 1 is 1.36 bits per heavy atom. The molecule has 1 aliphatic rings. The van der Waals surface area contributed by atoms with Gasteiger partial charge in [0.15, 0.2) is 0 Å². The number of carbonyl (C=O) groups excluding carboxylic acids is 1. The van der Waals surface area contributed by atoms with Gasteiger partial charge in [0.25, 0.3) is 0 Å². The van der Waals surface area contributed by atoms with Crippen LogP contribution in [0.2, 0.25) is 0 Å². The summed E-state index contributed by atoms with van der Waals surface area (Å²) in [7, 11) is 0. The van der Waals surface area contributed by atoms with Crippen LogP contribution in [0.15, 0.2) is 36.5 Å². The fraction of sp³-hybridized carbons (Fsp3) is 0.500. The van der Waals surface area contributed by atoms with Crippen molar-refractivity contribution >= 4 is 6.09 Å². The van der Waals surface area contributed by atoms with E-state index in [0.29, 0.717) is 25.1 Å². The first-order valence-electron chi connectivity index (χ1n) is 8.58. The Morgan fingerprint density at radius 2 is 2.12 bits per heavy atom. The summed E-state index contributed by atoms with van der Waals surface area (Å²) < 4.78 is 7.08. The normalized spacial score (nSPS) is 20.7. The number of hydrogen-bond donors (Lipinski definition) is 1. The lowest BCUT2D eigenvalue weighted by Crippen LogP contribution is -2.48. The number of aliphatic hydroxyl groups is 1. The van der Waals surface area contributed by atoms with Gasteiger partial charge in [-0.1, -0.05) is 35.5 Å². The largest absolute Gasteiger partial charge is 0.445 e. The van der Waals surface area contributed by atoms with E-state index in [2.05, 4.69) is 10.3 Å². The van der Waals surface area contributed by atoms with Crippen molar-refractivity contribution in [1.29, 1.82) is 0 Å². The number of β-amino-alcohol motifs (C(OH)–C–C–N with tert-alkyl or cyclic N) is 1. The molecule has 1 fully saturated rings. The molecule has 2 aromatic rings. The number of benzene rings is 1. The van der Waals surface area contributed by atoms with E-state index in [1.807, 2.05) is 44.2 Å². The van der Waals surface area contributed by atoms with Gasteiger partial charge < -0.3 is 14.7 Å². The fourth-order valence-electron chi connectivity index (χ4n) is 2.95. The molecule has 1 amide bonds. The highest BCUT2D eigenvalue weighted by Gasteiger charge is 2.39. The molecule has 25 heavy (non-hydrogen) atoms. The van der Waals surface area contributed by atoms with Gasteiger partial charge in [-0.3, -0.25) is 0 Å². The monoisotopic (exact) mass is 344 g/mol. The molecule has 134 valence electrons. The minimum Gasteiger partial charge on any atom is -0.445 e. The Hall–Kier alpha value is -2.41. The number of likely N-dealkylation sites (tertiary alicyclic amines) is 1. The molecule has 0 radical (unpaired) electrons. The Morgan fingerprint density at radius 3 is 2.80 bits per heavy atom. The number of aromatic nitrogens is 3. The standard InChI is InChI=1S/C18H24N4O3/c1-14(2)22-11-16(19-20-22)18(24)9-6-10-21(13-18)17(23)25-12-15-7-4-3-5-8-15/h3-5,7-8,11,14,24H,6,9-10,12-13H2,1-2H3. The first-order valence-corrected chi connectivity index (χ1v) is 8.58. The van der Waals surface area contributed by atoms with Crippen LogP contribution in [0.5, 0.6) is 0 Å². The molecule has 1 atom stereocenters. The smallest absolute Gasteiger partial charge is 0.410 e. The van der Waals surface area contributed by atoms with Gasteiger partial charge in [0.2, 0.25) is 0 Å². The number of piperidine rings is 1. The lowest BCUT2D eigenvalue weighted by Gasteiger charge is -2.37. The summed E-state index contributed by atoms with van der Waals surface area (Å²) in [5, 5.41) is 19.1. The van der Waals surface area contributed by atoms with Crippen molar-refractivity contribution in [2.75, 3.05) is 13.1 Å². The van der Waals surface area contributed by atoms with E-state index in [1.165, 1.54) is 0 Å². The van der Waals surface area contributed by atoms with Gasteiger partial charge in [-0.15, -0.1) is 5.10 Å². The molecule has 1 N–H and O–H groups in total. The summed E-state index contributed by atoms with van der Waals surface area (Å²) in [5.41, 5.74) is 0.252. The predicted molar refractivity (Wildman–Crippen MR) is 91.7 cm³/mol. The third-order valence-corrected chi connectivity index (χ3v) is 4.45. The topological polar surface area (TPSA) is 80.5 Å². The van der Waals surface area contributed by atoms with Crippen LogP contribution in [-0.4, -0.2) is 44.2 Å². The molecule has 0 bridgehead atoms. The zero-order valence-electron chi connectivity index (χ0n) is 14.6. The molecule has 1 unspecified atom stereocenters. The summed E-state index contributed by atoms with van der Waals surface area (Å²) in [6.07, 6.45) is 2.57. The number of nitrogens with zero attached hydrogens (tertiary/aromatic N) is 4. The van der Waals surface area contributed by atoms with Crippen LogP contribution in [0, 0.1) is 0 Å². The van der Waals surface area contributed by atoms with Gasteiger partial charge in [-0.25, -0.2) is 9.48 Å². The number of ether oxygens (including phenoxy) is 1. The number of rotatable bonds is 4. The maximum absolute atomic E-state index is 12.4. The minimum absolute atomic E-state index is 0.164. The van der Waals surface area contributed by atoms with Crippen LogP contribution in [0.1, 0.15) is 44.0 Å². The highest BCUT2D eigenvalue weighted by atomic mass is 16.6. The van der Waals surface area contributed by atoms with Crippen molar-refractivity contribution in [3.8, 4) is 0 Å². The SMILES string of the molecule is CC(C)n1cc(C2(O)CCCN(C(=O)OCc3ccccc3)C2)nn1. The van der Waals surface area contributed by atoms with Crippen LogP contribution in [0.3, 0.4) is 0 Å². The summed E-state index contributed by atoms with van der Waals surface area (Å²) in [6, 6.07) is 9.70. The van der Waals surface area contributed by atoms with E-state index >= 15 is 0 Å². The van der Waals surface area contributed by atoms with Crippen molar-refractivity contribution in [3.63, 3.8) is 0 Å². The van der Waals surface area contributed by atoms with Gasteiger partial charge in [-0.2, -0.15) is 0 Å². The summed E-state index contributed by atoms with van der Waals surface area (Å²) >= 11 is 0. The maximum Gasteiger partial charge on any atom is 0.410 e. The van der Waals surface area contributed by atoms with E-state index in [-0.39, 0.29) is 19.2 Å². The Bertz CT molecular complexity index is 716. The van der Waals surface area contributed by atoms with E-state index < -0.39 is 11.7 Å². The second kappa shape index (κ2) is 7.23. The first kappa shape index (κ1) is 17.4. The van der Waals surface area contributed by atoms with Crippen LogP contribution in [0.25, 0.3) is 0 Å². The zero-order chi connectivity index (χ0) is 17.9. The summed E-state index contributed by atoms with van der Waals surface area (Å²) in [4.78, 5) is 13.9. The third-order valence-electron chi connectivity index (χ3n) is 4.45. The molecule has 3 rings (SSSR count). The highest BCUT2D eigenvalue weighted by Crippen LogP contribution is 2.30. The second-order valence-electron chi connectivity index (χ2n) is 6.77. The molecular formula is C18H24N4O3. The summed E-state index contributed by atoms with van der Waals surface area (Å²) in [6.45, 7) is 4.94. The van der Waals surface area contributed by atoms with Gasteiger partial charge >= 0.3 is 6.09 Å². The number of carbonyl (C=O) groups is 1. The first-order chi connectivity index (χ1) is 12.0. The van der Waals surface area contributed by atoms with Crippen LogP contribution >= 0.6 is 0 Å². The van der Waals surface area contributed by atoms with Gasteiger partial charge in [0, 0.05) is 12.6 Å². The fourth-order valence-corrected chi connectivity index (χ4v) is 2.95. The third kappa shape index (κ3) is 3.99. The Kier molecular flexibility index (Phi) is 5.03. The van der Waals surface area contributed by atoms with Crippen molar-refractivity contribution in [2.24, 2.45) is 0 Å². The summed E-state index contributed by atoms with van der Waals surface area (Å²) in [5.74, 6) is 0. The van der Waals surface area contributed by atoms with Gasteiger partial charge in [-0.05, 0) is 32.3 Å². The zero-order valence-corrected chi connectivity index (χ0v) is 14.6. The van der Waals surface area contributed by atoms with Crippen molar-refractivity contribution in [3.05, 3.63) is 47.8 Å². The van der Waals surface area contributed by atoms with Gasteiger partial charge in [0.05, 0.1) is 12.7 Å². The van der Waals surface area contributed by atoms with Crippen LogP contribution < -0.4 is 0 Å². The predicted octanol–water partition coefficient (Wildman–Crippen LogP) is 2.48. The van der Waals surface area contributed by atoms with E-state index in [9.17, 15) is 9.90 Å². The molecule has 2 heterocycles. The lowest BCUT2D eigenvalue weighted by molar-refractivity contribution is -0.0379. The molecule has 0 saturated carbocycles. The van der Waals surface area contributed by atoms with Gasteiger partial charge in [0.1, 0.15) is 17.9 Å². The van der Waals surface area contributed by atoms with E-state index in [0.717, 1.165) is 5.56 Å². The Balaban J connectivity index is 1.64. The van der Waals surface area contributed by atoms with Crippen LogP contribution in [0.4, 0.5) is 4.79 Å². The Labute approximate surface area is 147 Å². The average Bonchev–Trinajstić information content (AvgIpc) is 3.12. The van der Waals surface area contributed by atoms with Crippen LogP contribution in [-0.2, 0) is 16.9 Å². The molecule has 1 aliphatic heterocycles. The number of hydrogen-bond acceptors (Lipinski definition) is 5. The van der Waals surface area contributed by atoms with Crippen molar-refractivity contribution in [1.82, 2.24) is 19.9 Å². The molecule has 1 aromatic carbocycles. The molecular weight excluding hydrogens is 320 g/mol. The molecule has 0 spiro atoms. The molecule has 0 aliphatic carbocycles. The molecule has 7 nitrogen and oxygen atoms in total. The highest BCUT2D eigenvalue weighted by molar-refractivity contribution is 5.68. The lowest BCUT2D eigenvalue weighted by atomic mass is 9.90. The van der Waals surface area contributed by atoms with E-state index in [4.69, 9.17) is 4.74 Å². The number of amides is 1. The van der Waals surface area contributed by atoms with E-state index in [1.54, 1.807) is 15.8 Å². The second-order valence-corrected chi connectivity index (χ2v) is 6.77. The quantitative estimate of drug-likeness (QED) is 0.921. The molecule has 7 heteroatoms.